The molecular weight excluding hydrogens is 239 g/mol. The molecule has 0 aliphatic rings. The third kappa shape index (κ3) is 3.27. The molecule has 0 aliphatic carbocycles. The van der Waals surface area contributed by atoms with Gasteiger partial charge in [0, 0.05) is 29.6 Å². The quantitative estimate of drug-likeness (QED) is 0.358. The van der Waals surface area contributed by atoms with Crippen molar-refractivity contribution in [2.24, 2.45) is 0 Å². The summed E-state index contributed by atoms with van der Waals surface area (Å²) >= 11 is 0. The molecule has 0 spiro atoms. The second-order valence-electron chi connectivity index (χ2n) is 4.55. The van der Waals surface area contributed by atoms with Crippen LogP contribution in [0.2, 0.25) is 0 Å². The summed E-state index contributed by atoms with van der Waals surface area (Å²) in [5, 5.41) is 48.0. The van der Waals surface area contributed by atoms with E-state index in [4.69, 9.17) is 5.11 Å². The summed E-state index contributed by atoms with van der Waals surface area (Å²) in [5.74, 6) is -0.761. The van der Waals surface area contributed by atoms with Crippen LogP contribution in [0.5, 0.6) is 0 Å². The Kier molecular flexibility index (Phi) is 7.08. The SMILES string of the molecule is CC(=O)[C@@](C)(O)[C@](C)(O)[C@@](C)(O)[C@H](O)CO.[Na]. The minimum absolute atomic E-state index is 0. The summed E-state index contributed by atoms with van der Waals surface area (Å²) in [6.07, 6.45) is -1.69. The summed E-state index contributed by atoms with van der Waals surface area (Å²) < 4.78 is 0. The second kappa shape index (κ2) is 6.08. The predicted octanol–water partition coefficient (Wildman–Crippen LogP) is -2.20. The standard InChI is InChI=1S/C10H20O6.Na/c1-6(12)8(2,14)10(4,16)9(3,15)7(13)5-11;/h7,11,13-16H,5H2,1-4H3;/t7-,8-,9+,10+;/m1./s1. The topological polar surface area (TPSA) is 118 Å². The average molecular weight is 259 g/mol. The van der Waals surface area contributed by atoms with E-state index < -0.39 is 35.3 Å². The van der Waals surface area contributed by atoms with Gasteiger partial charge in [-0.25, -0.2) is 0 Å². The maximum atomic E-state index is 11.2. The predicted molar refractivity (Wildman–Crippen MR) is 61.4 cm³/mol. The third-order valence-corrected chi connectivity index (χ3v) is 3.44. The van der Waals surface area contributed by atoms with Crippen LogP contribution in [0.4, 0.5) is 0 Å². The van der Waals surface area contributed by atoms with Crippen molar-refractivity contribution in [1.82, 2.24) is 0 Å². The summed E-state index contributed by atoms with van der Waals surface area (Å²) in [5.41, 5.74) is -6.79. The van der Waals surface area contributed by atoms with Crippen molar-refractivity contribution in [3.05, 3.63) is 0 Å². The van der Waals surface area contributed by atoms with Gasteiger partial charge in [-0.3, -0.25) is 4.79 Å². The molecule has 0 aromatic heterocycles. The number of aliphatic hydroxyl groups is 5. The van der Waals surface area contributed by atoms with Crippen LogP contribution in [0.15, 0.2) is 0 Å². The fraction of sp³-hybridized carbons (Fsp3) is 0.900. The Balaban J connectivity index is 0. The van der Waals surface area contributed by atoms with Crippen molar-refractivity contribution < 1.29 is 30.3 Å². The van der Waals surface area contributed by atoms with E-state index in [1.807, 2.05) is 0 Å². The summed E-state index contributed by atoms with van der Waals surface area (Å²) in [4.78, 5) is 11.2. The molecular formula is C10H20NaO6. The molecule has 0 aromatic carbocycles. The molecule has 0 fully saturated rings. The number of hydrogen-bond donors (Lipinski definition) is 5. The van der Waals surface area contributed by atoms with Crippen LogP contribution in [-0.2, 0) is 4.79 Å². The normalized spacial score (nSPS) is 23.6. The first-order valence-corrected chi connectivity index (χ1v) is 4.90. The first kappa shape index (κ1) is 19.8. The number of ketones is 1. The van der Waals surface area contributed by atoms with Crippen molar-refractivity contribution in [3.63, 3.8) is 0 Å². The first-order valence-electron chi connectivity index (χ1n) is 4.90. The Bertz CT molecular complexity index is 274. The smallest absolute Gasteiger partial charge is 0.164 e. The van der Waals surface area contributed by atoms with E-state index in [1.54, 1.807) is 0 Å². The molecule has 0 amide bonds. The van der Waals surface area contributed by atoms with E-state index in [-0.39, 0.29) is 29.6 Å². The third-order valence-electron chi connectivity index (χ3n) is 3.44. The number of aliphatic hydroxyl groups excluding tert-OH is 2. The Morgan fingerprint density at radius 2 is 1.53 bits per heavy atom. The van der Waals surface area contributed by atoms with Crippen LogP contribution in [-0.4, -0.2) is 90.4 Å². The zero-order chi connectivity index (χ0) is 13.4. The molecule has 0 aliphatic heterocycles. The molecule has 6 nitrogen and oxygen atoms in total. The van der Waals surface area contributed by atoms with Gasteiger partial charge in [-0.05, 0) is 27.7 Å². The van der Waals surface area contributed by atoms with Crippen molar-refractivity contribution in [1.29, 1.82) is 0 Å². The summed E-state index contributed by atoms with van der Waals surface area (Å²) in [6, 6.07) is 0. The fourth-order valence-corrected chi connectivity index (χ4v) is 1.34. The number of carbonyl (C=O) groups is 1. The fourth-order valence-electron chi connectivity index (χ4n) is 1.34. The second-order valence-corrected chi connectivity index (χ2v) is 4.55. The van der Waals surface area contributed by atoms with E-state index in [9.17, 15) is 25.2 Å². The maximum Gasteiger partial charge on any atom is 0.164 e. The molecule has 17 heavy (non-hydrogen) atoms. The Morgan fingerprint density at radius 3 is 1.76 bits per heavy atom. The van der Waals surface area contributed by atoms with Gasteiger partial charge in [0.2, 0.25) is 0 Å². The van der Waals surface area contributed by atoms with Gasteiger partial charge >= 0.3 is 0 Å². The van der Waals surface area contributed by atoms with Gasteiger partial charge in [-0.2, -0.15) is 0 Å². The van der Waals surface area contributed by atoms with Gasteiger partial charge < -0.3 is 25.5 Å². The van der Waals surface area contributed by atoms with Gasteiger partial charge in [-0.1, -0.05) is 0 Å². The molecule has 0 heterocycles. The Morgan fingerprint density at radius 1 is 1.18 bits per heavy atom. The molecule has 0 saturated carbocycles. The first-order chi connectivity index (χ1) is 6.92. The summed E-state index contributed by atoms with van der Waals surface area (Å²) in [7, 11) is 0. The number of Topliss-reactive ketones (excluding diaryl/α,β-unsaturated/α-hetero) is 1. The minimum Gasteiger partial charge on any atom is -0.394 e. The molecule has 0 bridgehead atoms. The molecule has 1 radical (unpaired) electrons. The van der Waals surface area contributed by atoms with Crippen molar-refractivity contribution in [2.45, 2.75) is 50.6 Å². The van der Waals surface area contributed by atoms with Crippen molar-refractivity contribution >= 4 is 35.3 Å². The van der Waals surface area contributed by atoms with Gasteiger partial charge in [-0.15, -0.1) is 0 Å². The maximum absolute atomic E-state index is 11.2. The van der Waals surface area contributed by atoms with Crippen LogP contribution in [0.3, 0.4) is 0 Å². The molecule has 7 heteroatoms. The van der Waals surface area contributed by atoms with Crippen LogP contribution < -0.4 is 0 Å². The van der Waals surface area contributed by atoms with E-state index in [0.29, 0.717) is 0 Å². The van der Waals surface area contributed by atoms with Gasteiger partial charge in [0.05, 0.1) is 6.61 Å². The molecule has 4 atom stereocenters. The summed E-state index contributed by atoms with van der Waals surface area (Å²) in [6.45, 7) is 3.33. The van der Waals surface area contributed by atoms with Crippen LogP contribution >= 0.6 is 0 Å². The van der Waals surface area contributed by atoms with Crippen LogP contribution in [0.1, 0.15) is 27.7 Å². The number of carbonyl (C=O) groups excluding carboxylic acids is 1. The van der Waals surface area contributed by atoms with E-state index in [0.717, 1.165) is 27.7 Å². The van der Waals surface area contributed by atoms with E-state index >= 15 is 0 Å². The molecule has 0 rings (SSSR count). The van der Waals surface area contributed by atoms with Gasteiger partial charge in [0.1, 0.15) is 17.3 Å². The van der Waals surface area contributed by atoms with E-state index in [1.165, 1.54) is 0 Å². The van der Waals surface area contributed by atoms with Crippen molar-refractivity contribution in [3.8, 4) is 0 Å². The minimum atomic E-state index is -2.31. The van der Waals surface area contributed by atoms with Crippen LogP contribution in [0, 0.1) is 0 Å². The monoisotopic (exact) mass is 259 g/mol. The Labute approximate surface area is 123 Å². The zero-order valence-corrected chi connectivity index (χ0v) is 12.9. The van der Waals surface area contributed by atoms with Crippen molar-refractivity contribution in [2.75, 3.05) is 6.61 Å². The van der Waals surface area contributed by atoms with E-state index in [2.05, 4.69) is 0 Å². The number of rotatable bonds is 5. The van der Waals surface area contributed by atoms with Gasteiger partial charge in [0.15, 0.2) is 11.4 Å². The van der Waals surface area contributed by atoms with Crippen LogP contribution in [0.25, 0.3) is 0 Å². The molecule has 0 aromatic rings. The largest absolute Gasteiger partial charge is 0.394 e. The average Bonchev–Trinajstić information content (AvgIpc) is 2.15. The zero-order valence-electron chi connectivity index (χ0n) is 10.9. The molecule has 0 unspecified atom stereocenters. The molecule has 0 saturated heterocycles. The van der Waals surface area contributed by atoms with Gasteiger partial charge in [0.25, 0.3) is 0 Å². The Hall–Kier alpha value is 0.470. The number of hydrogen-bond acceptors (Lipinski definition) is 6. The molecule has 5 N–H and O–H groups in total. The molecule has 97 valence electrons.